The van der Waals surface area contributed by atoms with E-state index in [0.29, 0.717) is 6.61 Å². The normalized spacial score (nSPS) is 20.3. The van der Waals surface area contributed by atoms with E-state index < -0.39 is 13.0 Å². The first-order chi connectivity index (χ1) is 11.1. The highest BCUT2D eigenvalue weighted by atomic mass is 31.2. The van der Waals surface area contributed by atoms with Crippen LogP contribution in [0.1, 0.15) is 39.0 Å². The molecule has 2 aromatic rings. The largest absolute Gasteiger partial charge is 0.389 e. The van der Waals surface area contributed by atoms with Crippen molar-refractivity contribution in [3.8, 4) is 0 Å². The number of aliphatic hydroxyl groups is 1. The van der Waals surface area contributed by atoms with Gasteiger partial charge in [-0.2, -0.15) is 0 Å². The zero-order valence-corrected chi connectivity index (χ0v) is 14.6. The van der Waals surface area contributed by atoms with Crippen molar-refractivity contribution >= 4 is 23.4 Å². The van der Waals surface area contributed by atoms with E-state index in [1.807, 2.05) is 49.4 Å². The van der Waals surface area contributed by atoms with Crippen LogP contribution in [0.2, 0.25) is 0 Å². The van der Waals surface area contributed by atoms with Crippen molar-refractivity contribution in [1.82, 2.24) is 0 Å². The standard InChI is InChI=1S/C19H25O3P/c1-2-22-23(21,15-19(20)13-6-3-7-14-19)18-12-8-10-16-9-4-5-11-17(16)18/h4-5,8-12,20H,2-3,6-7,13-15H2,1H3/t23-/m0/s1. The summed E-state index contributed by atoms with van der Waals surface area (Å²) in [5.74, 6) is 0. The second-order valence-electron chi connectivity index (χ2n) is 6.53. The smallest absolute Gasteiger partial charge is 0.235 e. The van der Waals surface area contributed by atoms with Gasteiger partial charge in [0.1, 0.15) is 0 Å². The first-order valence-electron chi connectivity index (χ1n) is 8.51. The molecule has 1 fully saturated rings. The van der Waals surface area contributed by atoms with Gasteiger partial charge in [0.25, 0.3) is 0 Å². The molecule has 0 heterocycles. The van der Waals surface area contributed by atoms with E-state index in [1.165, 1.54) is 0 Å². The Kier molecular flexibility index (Phi) is 4.91. The lowest BCUT2D eigenvalue weighted by Crippen LogP contribution is -2.37. The molecule has 0 spiro atoms. The zero-order valence-electron chi connectivity index (χ0n) is 13.7. The molecule has 0 amide bonds. The molecule has 3 nitrogen and oxygen atoms in total. The van der Waals surface area contributed by atoms with Gasteiger partial charge in [-0.05, 0) is 36.6 Å². The highest BCUT2D eigenvalue weighted by Crippen LogP contribution is 2.52. The van der Waals surface area contributed by atoms with Crippen LogP contribution in [0.4, 0.5) is 0 Å². The van der Waals surface area contributed by atoms with E-state index in [1.54, 1.807) is 0 Å². The van der Waals surface area contributed by atoms with E-state index in [2.05, 4.69) is 0 Å². The summed E-state index contributed by atoms with van der Waals surface area (Å²) in [5, 5.41) is 13.7. The minimum Gasteiger partial charge on any atom is -0.389 e. The van der Waals surface area contributed by atoms with Gasteiger partial charge in [0, 0.05) is 5.30 Å². The number of rotatable bonds is 5. The Labute approximate surface area is 138 Å². The summed E-state index contributed by atoms with van der Waals surface area (Å²) in [6.07, 6.45) is 4.80. The minimum atomic E-state index is -3.10. The third-order valence-corrected chi connectivity index (χ3v) is 7.56. The maximum Gasteiger partial charge on any atom is 0.235 e. The van der Waals surface area contributed by atoms with Crippen molar-refractivity contribution in [2.24, 2.45) is 0 Å². The number of benzene rings is 2. The van der Waals surface area contributed by atoms with Crippen molar-refractivity contribution in [3.63, 3.8) is 0 Å². The Bertz CT molecular complexity index is 714. The van der Waals surface area contributed by atoms with Gasteiger partial charge in [-0.15, -0.1) is 0 Å². The Morgan fingerprint density at radius 1 is 1.09 bits per heavy atom. The molecule has 4 heteroatoms. The molecular formula is C19H25O3P. The molecule has 1 aliphatic rings. The van der Waals surface area contributed by atoms with Gasteiger partial charge in [-0.3, -0.25) is 4.57 Å². The lowest BCUT2D eigenvalue weighted by atomic mass is 9.86. The van der Waals surface area contributed by atoms with E-state index in [4.69, 9.17) is 4.52 Å². The molecule has 0 aliphatic heterocycles. The minimum absolute atomic E-state index is 0.224. The fourth-order valence-corrected chi connectivity index (χ4v) is 6.46. The number of hydrogen-bond acceptors (Lipinski definition) is 3. The molecule has 1 N–H and O–H groups in total. The van der Waals surface area contributed by atoms with Crippen LogP contribution in [0.3, 0.4) is 0 Å². The monoisotopic (exact) mass is 332 g/mol. The molecule has 1 aliphatic carbocycles. The van der Waals surface area contributed by atoms with Crippen LogP contribution in [0.25, 0.3) is 10.8 Å². The van der Waals surface area contributed by atoms with E-state index in [9.17, 15) is 9.67 Å². The lowest BCUT2D eigenvalue weighted by molar-refractivity contribution is 0.0234. The Hall–Kier alpha value is -1.15. The van der Waals surface area contributed by atoms with Crippen LogP contribution in [0.15, 0.2) is 42.5 Å². The predicted octanol–water partition coefficient (Wildman–Crippen LogP) is 4.47. The van der Waals surface area contributed by atoms with Crippen molar-refractivity contribution in [1.29, 1.82) is 0 Å². The molecule has 0 bridgehead atoms. The first-order valence-corrected chi connectivity index (χ1v) is 10.3. The van der Waals surface area contributed by atoms with Crippen molar-refractivity contribution in [3.05, 3.63) is 42.5 Å². The Balaban J connectivity index is 2.04. The predicted molar refractivity (Wildman–Crippen MR) is 95.7 cm³/mol. The molecule has 2 aromatic carbocycles. The summed E-state index contributed by atoms with van der Waals surface area (Å²) in [6.45, 7) is 2.25. The van der Waals surface area contributed by atoms with Gasteiger partial charge in [0.05, 0.1) is 18.4 Å². The van der Waals surface area contributed by atoms with Crippen LogP contribution < -0.4 is 5.30 Å². The maximum absolute atomic E-state index is 13.7. The topological polar surface area (TPSA) is 46.5 Å². The third-order valence-electron chi connectivity index (χ3n) is 4.76. The molecular weight excluding hydrogens is 307 g/mol. The molecule has 23 heavy (non-hydrogen) atoms. The summed E-state index contributed by atoms with van der Waals surface area (Å²) in [4.78, 5) is 0. The number of fused-ring (bicyclic) bond motifs is 1. The van der Waals surface area contributed by atoms with Crippen LogP contribution >= 0.6 is 7.37 Å². The average molecular weight is 332 g/mol. The highest BCUT2D eigenvalue weighted by molar-refractivity contribution is 7.67. The summed E-state index contributed by atoms with van der Waals surface area (Å²) >= 11 is 0. The molecule has 1 saturated carbocycles. The summed E-state index contributed by atoms with van der Waals surface area (Å²) < 4.78 is 19.5. The quantitative estimate of drug-likeness (QED) is 0.822. The molecule has 0 unspecified atom stereocenters. The van der Waals surface area contributed by atoms with E-state index in [0.717, 1.165) is 48.2 Å². The van der Waals surface area contributed by atoms with Crippen molar-refractivity contribution in [2.75, 3.05) is 12.8 Å². The summed E-state index contributed by atoms with van der Waals surface area (Å²) in [5.41, 5.74) is -0.861. The first kappa shape index (κ1) is 16.7. The van der Waals surface area contributed by atoms with E-state index >= 15 is 0 Å². The molecule has 0 saturated heterocycles. The molecule has 124 valence electrons. The fourth-order valence-electron chi connectivity index (χ4n) is 3.67. The Morgan fingerprint density at radius 3 is 2.52 bits per heavy atom. The number of hydrogen-bond donors (Lipinski definition) is 1. The molecule has 3 rings (SSSR count). The van der Waals surface area contributed by atoms with Gasteiger partial charge in [0.2, 0.25) is 7.37 Å². The maximum atomic E-state index is 13.7. The van der Waals surface area contributed by atoms with Crippen LogP contribution in [0, 0.1) is 0 Å². The van der Waals surface area contributed by atoms with Crippen LogP contribution in [0.5, 0.6) is 0 Å². The zero-order chi connectivity index (χ0) is 16.3. The van der Waals surface area contributed by atoms with Gasteiger partial charge in [-0.25, -0.2) is 0 Å². The fraction of sp³-hybridized carbons (Fsp3) is 0.474. The SMILES string of the molecule is CCO[P@@](=O)(CC1(O)CCCCC1)c1cccc2ccccc12. The molecule has 1 atom stereocenters. The van der Waals surface area contributed by atoms with E-state index in [-0.39, 0.29) is 6.16 Å². The Morgan fingerprint density at radius 2 is 1.78 bits per heavy atom. The van der Waals surface area contributed by atoms with Gasteiger partial charge in [-0.1, -0.05) is 55.7 Å². The highest BCUT2D eigenvalue weighted by Gasteiger charge is 2.40. The van der Waals surface area contributed by atoms with Gasteiger partial charge in [0.15, 0.2) is 0 Å². The van der Waals surface area contributed by atoms with Gasteiger partial charge < -0.3 is 9.63 Å². The second-order valence-corrected chi connectivity index (χ2v) is 8.94. The second kappa shape index (κ2) is 6.76. The third kappa shape index (κ3) is 3.52. The van der Waals surface area contributed by atoms with Crippen LogP contribution in [-0.2, 0) is 9.09 Å². The van der Waals surface area contributed by atoms with Crippen molar-refractivity contribution in [2.45, 2.75) is 44.6 Å². The average Bonchev–Trinajstić information content (AvgIpc) is 2.54. The molecule has 0 aromatic heterocycles. The van der Waals surface area contributed by atoms with Crippen LogP contribution in [-0.4, -0.2) is 23.5 Å². The van der Waals surface area contributed by atoms with Gasteiger partial charge >= 0.3 is 0 Å². The molecule has 0 radical (unpaired) electrons. The van der Waals surface area contributed by atoms with Crippen molar-refractivity contribution < 1.29 is 14.2 Å². The summed E-state index contributed by atoms with van der Waals surface area (Å²) in [7, 11) is -3.10. The summed E-state index contributed by atoms with van der Waals surface area (Å²) in [6, 6.07) is 13.8. The lowest BCUT2D eigenvalue weighted by Gasteiger charge is -2.35.